The molecule has 0 saturated carbocycles. The predicted molar refractivity (Wildman–Crippen MR) is 147 cm³/mol. The van der Waals surface area contributed by atoms with Crippen molar-refractivity contribution in [3.05, 3.63) is 62.9 Å². The number of benzene rings is 1. The molecule has 1 aromatic carbocycles. The Bertz CT molecular complexity index is 1400. The maximum absolute atomic E-state index is 15.2. The molecule has 0 unspecified atom stereocenters. The summed E-state index contributed by atoms with van der Waals surface area (Å²) in [4.78, 5) is 37.0. The van der Waals surface area contributed by atoms with Crippen molar-refractivity contribution in [2.75, 3.05) is 66.7 Å². The summed E-state index contributed by atoms with van der Waals surface area (Å²) in [5, 5.41) is 9.20. The van der Waals surface area contributed by atoms with Crippen molar-refractivity contribution in [2.24, 2.45) is 0 Å². The van der Waals surface area contributed by atoms with Crippen molar-refractivity contribution < 1.29 is 13.9 Å². The van der Waals surface area contributed by atoms with Crippen LogP contribution in [0.15, 0.2) is 35.4 Å². The van der Waals surface area contributed by atoms with Crippen LogP contribution >= 0.6 is 11.6 Å². The van der Waals surface area contributed by atoms with Gasteiger partial charge in [-0.15, -0.1) is 0 Å². The van der Waals surface area contributed by atoms with Gasteiger partial charge in [0.1, 0.15) is 23.7 Å². The van der Waals surface area contributed by atoms with Crippen LogP contribution in [-0.4, -0.2) is 66.7 Å². The molecule has 12 heteroatoms. The zero-order valence-corrected chi connectivity index (χ0v) is 21.9. The van der Waals surface area contributed by atoms with E-state index in [9.17, 15) is 9.59 Å². The molecule has 4 heterocycles. The highest BCUT2D eigenvalue weighted by molar-refractivity contribution is 6.33. The van der Waals surface area contributed by atoms with Crippen molar-refractivity contribution in [1.82, 2.24) is 14.9 Å². The van der Waals surface area contributed by atoms with Crippen molar-refractivity contribution in [3.8, 4) is 5.88 Å². The number of halogens is 2. The summed E-state index contributed by atoms with van der Waals surface area (Å²) < 4.78 is 20.7. The third-order valence-electron chi connectivity index (χ3n) is 6.81. The number of carbonyl (C=O) groups is 1. The largest absolute Gasteiger partial charge is 0.474 e. The molecule has 3 aromatic rings. The average Bonchev–Trinajstić information content (AvgIpc) is 2.90. The number of piperazine rings is 1. The van der Waals surface area contributed by atoms with E-state index in [4.69, 9.17) is 16.3 Å². The summed E-state index contributed by atoms with van der Waals surface area (Å²) in [5.41, 5.74) is 2.14. The summed E-state index contributed by atoms with van der Waals surface area (Å²) in [5.74, 6) is -0.750. The van der Waals surface area contributed by atoms with Gasteiger partial charge >= 0.3 is 0 Å². The third-order valence-corrected chi connectivity index (χ3v) is 7.10. The van der Waals surface area contributed by atoms with E-state index >= 15 is 4.39 Å². The van der Waals surface area contributed by atoms with Gasteiger partial charge in [0.2, 0.25) is 5.88 Å². The van der Waals surface area contributed by atoms with Crippen LogP contribution in [0.5, 0.6) is 5.88 Å². The molecule has 0 atom stereocenters. The smallest absolute Gasteiger partial charge is 0.263 e. The van der Waals surface area contributed by atoms with Gasteiger partial charge in [0.05, 0.1) is 28.3 Å². The molecule has 1 saturated heterocycles. The Kier molecular flexibility index (Phi) is 7.39. The number of carbonyl (C=O) groups excluding carboxylic acids is 1. The summed E-state index contributed by atoms with van der Waals surface area (Å²) in [6, 6.07) is 4.29. The molecule has 4 N–H and O–H groups in total. The summed E-state index contributed by atoms with van der Waals surface area (Å²) in [7, 11) is 0. The van der Waals surface area contributed by atoms with Crippen LogP contribution in [0, 0.1) is 12.7 Å². The zero-order valence-electron chi connectivity index (χ0n) is 21.2. The van der Waals surface area contributed by atoms with Crippen LogP contribution < -0.4 is 31.1 Å². The number of nitrogens with one attached hydrogen (secondary N) is 4. The standard InChI is InChI=1S/C26H29ClFN7O3/c1-3-34-7-9-35(10-8-34)23-17(27)12-16(13-18(23)28)32-25(37)21-19(4-5-30-24(21)36)33-20-14-31-26-22(15(20)2)29-6-11-38-26/h4-5,12-14,29H,3,6-11H2,1-2H3,(H,32,37)(H2,30,33,36). The molecule has 0 aliphatic carbocycles. The van der Waals surface area contributed by atoms with Gasteiger partial charge in [-0.05, 0) is 31.7 Å². The quantitative estimate of drug-likeness (QED) is 0.372. The van der Waals surface area contributed by atoms with E-state index in [1.807, 2.05) is 11.8 Å². The molecule has 0 bridgehead atoms. The first kappa shape index (κ1) is 25.8. The lowest BCUT2D eigenvalue weighted by atomic mass is 10.1. The van der Waals surface area contributed by atoms with E-state index in [0.717, 1.165) is 30.9 Å². The number of amides is 1. The second-order valence-electron chi connectivity index (χ2n) is 9.14. The first-order valence-corrected chi connectivity index (χ1v) is 12.9. The van der Waals surface area contributed by atoms with Gasteiger partial charge < -0.3 is 35.5 Å². The van der Waals surface area contributed by atoms with E-state index < -0.39 is 17.3 Å². The van der Waals surface area contributed by atoms with Crippen molar-refractivity contribution in [1.29, 1.82) is 0 Å². The van der Waals surface area contributed by atoms with Gasteiger partial charge in [0.15, 0.2) is 0 Å². The highest BCUT2D eigenvalue weighted by Gasteiger charge is 2.24. The van der Waals surface area contributed by atoms with Gasteiger partial charge in [0, 0.05) is 50.2 Å². The molecule has 5 rings (SSSR count). The van der Waals surface area contributed by atoms with E-state index in [-0.39, 0.29) is 22.0 Å². The summed E-state index contributed by atoms with van der Waals surface area (Å²) in [6.07, 6.45) is 3.02. The number of nitrogens with zero attached hydrogens (tertiary/aromatic N) is 3. The number of likely N-dealkylation sites (N-methyl/N-ethyl adjacent to an activating group) is 1. The van der Waals surface area contributed by atoms with Gasteiger partial charge in [-0.1, -0.05) is 18.5 Å². The first-order valence-electron chi connectivity index (χ1n) is 12.5. The fourth-order valence-electron chi connectivity index (χ4n) is 4.72. The van der Waals surface area contributed by atoms with E-state index in [1.165, 1.54) is 18.3 Å². The van der Waals surface area contributed by atoms with Crippen LogP contribution in [0.25, 0.3) is 0 Å². The Morgan fingerprint density at radius 3 is 2.76 bits per heavy atom. The van der Waals surface area contributed by atoms with Crippen LogP contribution in [0.4, 0.5) is 32.8 Å². The minimum atomic E-state index is -0.709. The van der Waals surface area contributed by atoms with Crippen LogP contribution in [0.3, 0.4) is 0 Å². The lowest BCUT2D eigenvalue weighted by Gasteiger charge is -2.36. The van der Waals surface area contributed by atoms with Crippen molar-refractivity contribution >= 4 is 45.9 Å². The number of ether oxygens (including phenoxy) is 1. The van der Waals surface area contributed by atoms with Crippen molar-refractivity contribution in [3.63, 3.8) is 0 Å². The molecular weight excluding hydrogens is 513 g/mol. The maximum Gasteiger partial charge on any atom is 0.263 e. The Hall–Kier alpha value is -3.83. The molecule has 1 fully saturated rings. The molecule has 2 aliphatic heterocycles. The normalized spacial score (nSPS) is 15.3. The van der Waals surface area contributed by atoms with E-state index in [1.54, 1.807) is 12.3 Å². The van der Waals surface area contributed by atoms with Crippen molar-refractivity contribution in [2.45, 2.75) is 13.8 Å². The Morgan fingerprint density at radius 1 is 1.24 bits per heavy atom. The Labute approximate surface area is 224 Å². The number of hydrogen-bond acceptors (Lipinski definition) is 8. The number of hydrogen-bond donors (Lipinski definition) is 4. The first-order chi connectivity index (χ1) is 18.4. The van der Waals surface area contributed by atoms with Gasteiger partial charge in [0.25, 0.3) is 11.5 Å². The minimum Gasteiger partial charge on any atom is -0.474 e. The number of fused-ring (bicyclic) bond motifs is 1. The second kappa shape index (κ2) is 10.9. The molecule has 0 spiro atoms. The van der Waals surface area contributed by atoms with E-state index in [2.05, 4.69) is 37.7 Å². The molecule has 38 heavy (non-hydrogen) atoms. The van der Waals surface area contributed by atoms with Gasteiger partial charge in [-0.3, -0.25) is 9.59 Å². The number of anilines is 5. The molecule has 10 nitrogen and oxygen atoms in total. The van der Waals surface area contributed by atoms with Gasteiger partial charge in [-0.25, -0.2) is 9.37 Å². The summed E-state index contributed by atoms with van der Waals surface area (Å²) in [6.45, 7) is 9.03. The van der Waals surface area contributed by atoms with Crippen LogP contribution in [0.1, 0.15) is 22.8 Å². The Balaban J connectivity index is 1.38. The highest BCUT2D eigenvalue weighted by Crippen LogP contribution is 2.35. The Morgan fingerprint density at radius 2 is 2.03 bits per heavy atom. The maximum atomic E-state index is 15.2. The van der Waals surface area contributed by atoms with Crippen LogP contribution in [0.2, 0.25) is 5.02 Å². The predicted octanol–water partition coefficient (Wildman–Crippen LogP) is 3.81. The average molecular weight is 542 g/mol. The fourth-order valence-corrected chi connectivity index (χ4v) is 5.05. The molecule has 200 valence electrons. The molecule has 0 radical (unpaired) electrons. The fraction of sp³-hybridized carbons (Fsp3) is 0.346. The number of aromatic nitrogens is 2. The second-order valence-corrected chi connectivity index (χ2v) is 9.54. The topological polar surface area (TPSA) is 115 Å². The molecule has 1 amide bonds. The molecule has 2 aromatic heterocycles. The van der Waals surface area contributed by atoms with Crippen LogP contribution in [-0.2, 0) is 0 Å². The SMILES string of the molecule is CCN1CCN(c2c(F)cc(NC(=O)c3c(Nc4cnc5c(c4C)NCCO5)cc[nH]c3=O)cc2Cl)CC1. The number of pyridine rings is 2. The summed E-state index contributed by atoms with van der Waals surface area (Å²) >= 11 is 6.46. The monoisotopic (exact) mass is 541 g/mol. The van der Waals surface area contributed by atoms with E-state index in [0.29, 0.717) is 43.5 Å². The lowest BCUT2D eigenvalue weighted by molar-refractivity contribution is 0.102. The minimum absolute atomic E-state index is 0.149. The molecule has 2 aliphatic rings. The lowest BCUT2D eigenvalue weighted by Crippen LogP contribution is -2.46. The van der Waals surface area contributed by atoms with Gasteiger partial charge in [-0.2, -0.15) is 0 Å². The third kappa shape index (κ3) is 5.11. The number of H-pyrrole nitrogens is 1. The number of aromatic amines is 1. The number of rotatable bonds is 6. The highest BCUT2D eigenvalue weighted by atomic mass is 35.5. The molecular formula is C26H29ClFN7O3. The zero-order chi connectivity index (χ0) is 26.8.